The van der Waals surface area contributed by atoms with Gasteiger partial charge in [0.15, 0.2) is 0 Å². The molecule has 1 aliphatic heterocycles. The second-order valence-electron chi connectivity index (χ2n) is 6.27. The van der Waals surface area contributed by atoms with Crippen LogP contribution in [-0.2, 0) is 9.47 Å². The van der Waals surface area contributed by atoms with Crippen LogP contribution in [0.4, 0.5) is 0 Å². The smallest absolute Gasteiger partial charge is 0.0746 e. The molecule has 2 rings (SSSR count). The summed E-state index contributed by atoms with van der Waals surface area (Å²) in [4.78, 5) is 0. The lowest BCUT2D eigenvalue weighted by molar-refractivity contribution is -0.0862. The third-order valence-electron chi connectivity index (χ3n) is 4.38. The van der Waals surface area contributed by atoms with Crippen molar-refractivity contribution in [2.24, 2.45) is 0 Å². The predicted molar refractivity (Wildman–Crippen MR) is 69.3 cm³/mol. The number of ether oxygens (including phenoxy) is 2. The van der Waals surface area contributed by atoms with Crippen molar-refractivity contribution >= 4 is 0 Å². The Kier molecular flexibility index (Phi) is 4.11. The predicted octanol–water partition coefficient (Wildman–Crippen LogP) is 2.49. The zero-order valence-corrected chi connectivity index (χ0v) is 11.6. The Labute approximate surface area is 105 Å². The molecule has 1 atom stereocenters. The van der Waals surface area contributed by atoms with Crippen molar-refractivity contribution in [3.8, 4) is 0 Å². The Hall–Kier alpha value is -0.120. The first-order valence-corrected chi connectivity index (χ1v) is 6.98. The first-order chi connectivity index (χ1) is 8.05. The van der Waals surface area contributed by atoms with Gasteiger partial charge in [0, 0.05) is 26.3 Å². The lowest BCUT2D eigenvalue weighted by Gasteiger charge is -2.39. The Balaban J connectivity index is 1.81. The van der Waals surface area contributed by atoms with E-state index in [0.29, 0.717) is 6.04 Å². The minimum absolute atomic E-state index is 0.0683. The Morgan fingerprint density at radius 3 is 2.71 bits per heavy atom. The van der Waals surface area contributed by atoms with Gasteiger partial charge < -0.3 is 14.8 Å². The Bertz CT molecular complexity index is 247. The van der Waals surface area contributed by atoms with Crippen LogP contribution < -0.4 is 5.32 Å². The lowest BCUT2D eigenvalue weighted by Crippen LogP contribution is -2.49. The molecule has 1 N–H and O–H groups in total. The molecule has 1 aliphatic carbocycles. The minimum Gasteiger partial charge on any atom is -0.377 e. The summed E-state index contributed by atoms with van der Waals surface area (Å²) < 4.78 is 11.5. The van der Waals surface area contributed by atoms with Crippen molar-refractivity contribution in [1.29, 1.82) is 0 Å². The third kappa shape index (κ3) is 3.43. The molecule has 1 saturated carbocycles. The summed E-state index contributed by atoms with van der Waals surface area (Å²) >= 11 is 0. The lowest BCUT2D eigenvalue weighted by atomic mass is 9.88. The molecule has 3 heteroatoms. The summed E-state index contributed by atoms with van der Waals surface area (Å²) in [7, 11) is 1.78. The quantitative estimate of drug-likeness (QED) is 0.820. The maximum absolute atomic E-state index is 6.04. The van der Waals surface area contributed by atoms with E-state index in [-0.39, 0.29) is 11.2 Å². The molecule has 100 valence electrons. The van der Waals surface area contributed by atoms with Gasteiger partial charge >= 0.3 is 0 Å². The molecule has 1 saturated heterocycles. The fourth-order valence-electron chi connectivity index (χ4n) is 3.03. The van der Waals surface area contributed by atoms with Gasteiger partial charge in [0.1, 0.15) is 0 Å². The average molecular weight is 241 g/mol. The molecule has 0 aromatic rings. The van der Waals surface area contributed by atoms with Crippen LogP contribution in [0.2, 0.25) is 0 Å². The molecular weight excluding hydrogens is 214 g/mol. The van der Waals surface area contributed by atoms with Crippen LogP contribution >= 0.6 is 0 Å². The highest BCUT2D eigenvalue weighted by Gasteiger charge is 2.39. The highest BCUT2D eigenvalue weighted by molar-refractivity contribution is 4.94. The van der Waals surface area contributed by atoms with Crippen molar-refractivity contribution in [3.05, 3.63) is 0 Å². The van der Waals surface area contributed by atoms with Gasteiger partial charge in [-0.15, -0.1) is 0 Å². The van der Waals surface area contributed by atoms with Gasteiger partial charge in [0.05, 0.1) is 11.2 Å². The Morgan fingerprint density at radius 2 is 2.06 bits per heavy atom. The van der Waals surface area contributed by atoms with E-state index >= 15 is 0 Å². The SMILES string of the molecule is COC(C)(C)CNC1CCOC2(CCCC2)C1. The van der Waals surface area contributed by atoms with Crippen LogP contribution in [0.5, 0.6) is 0 Å². The third-order valence-corrected chi connectivity index (χ3v) is 4.38. The fourth-order valence-corrected chi connectivity index (χ4v) is 3.03. The van der Waals surface area contributed by atoms with Gasteiger partial charge in [0.2, 0.25) is 0 Å². The summed E-state index contributed by atoms with van der Waals surface area (Å²) in [5, 5.41) is 3.66. The number of nitrogens with one attached hydrogen (secondary N) is 1. The minimum atomic E-state index is -0.0683. The fraction of sp³-hybridized carbons (Fsp3) is 1.00. The number of rotatable bonds is 4. The van der Waals surface area contributed by atoms with Crippen LogP contribution in [0, 0.1) is 0 Å². The molecule has 3 nitrogen and oxygen atoms in total. The number of hydrogen-bond donors (Lipinski definition) is 1. The molecule has 1 heterocycles. The summed E-state index contributed by atoms with van der Waals surface area (Å²) in [5.74, 6) is 0. The topological polar surface area (TPSA) is 30.5 Å². The summed E-state index contributed by atoms with van der Waals surface area (Å²) in [6.45, 7) is 6.10. The Morgan fingerprint density at radius 1 is 1.35 bits per heavy atom. The van der Waals surface area contributed by atoms with Crippen LogP contribution in [0.3, 0.4) is 0 Å². The van der Waals surface area contributed by atoms with Crippen molar-refractivity contribution in [2.75, 3.05) is 20.3 Å². The van der Waals surface area contributed by atoms with E-state index in [4.69, 9.17) is 9.47 Å². The molecule has 2 fully saturated rings. The molecule has 1 spiro atoms. The highest BCUT2D eigenvalue weighted by atomic mass is 16.5. The molecule has 0 amide bonds. The molecule has 17 heavy (non-hydrogen) atoms. The molecule has 2 aliphatic rings. The largest absolute Gasteiger partial charge is 0.377 e. The number of methoxy groups -OCH3 is 1. The van der Waals surface area contributed by atoms with Gasteiger partial charge in [0.25, 0.3) is 0 Å². The number of hydrogen-bond acceptors (Lipinski definition) is 3. The summed E-state index contributed by atoms with van der Waals surface area (Å²) in [6.07, 6.45) is 7.54. The second kappa shape index (κ2) is 5.25. The molecule has 0 radical (unpaired) electrons. The normalized spacial score (nSPS) is 28.8. The van der Waals surface area contributed by atoms with E-state index in [2.05, 4.69) is 19.2 Å². The zero-order chi connectivity index (χ0) is 12.4. The highest BCUT2D eigenvalue weighted by Crippen LogP contribution is 2.39. The molecular formula is C14H27NO2. The van der Waals surface area contributed by atoms with Crippen molar-refractivity contribution in [2.45, 2.75) is 69.6 Å². The second-order valence-corrected chi connectivity index (χ2v) is 6.27. The molecule has 0 aromatic carbocycles. The van der Waals surface area contributed by atoms with Crippen molar-refractivity contribution in [1.82, 2.24) is 5.32 Å². The maximum atomic E-state index is 6.04. The summed E-state index contributed by atoms with van der Waals surface area (Å²) in [5.41, 5.74) is 0.147. The molecule has 1 unspecified atom stereocenters. The maximum Gasteiger partial charge on any atom is 0.0746 e. The van der Waals surface area contributed by atoms with E-state index < -0.39 is 0 Å². The van der Waals surface area contributed by atoms with Gasteiger partial charge in [-0.3, -0.25) is 0 Å². The van der Waals surface area contributed by atoms with Gasteiger partial charge in [-0.25, -0.2) is 0 Å². The van der Waals surface area contributed by atoms with Crippen LogP contribution in [0.15, 0.2) is 0 Å². The van der Waals surface area contributed by atoms with Crippen LogP contribution in [0.25, 0.3) is 0 Å². The van der Waals surface area contributed by atoms with E-state index in [9.17, 15) is 0 Å². The van der Waals surface area contributed by atoms with Crippen molar-refractivity contribution in [3.63, 3.8) is 0 Å². The monoisotopic (exact) mass is 241 g/mol. The molecule has 0 aromatic heterocycles. The van der Waals surface area contributed by atoms with Gasteiger partial charge in [-0.1, -0.05) is 12.8 Å². The van der Waals surface area contributed by atoms with Crippen LogP contribution in [0.1, 0.15) is 52.4 Å². The zero-order valence-electron chi connectivity index (χ0n) is 11.6. The first kappa shape index (κ1) is 13.3. The van der Waals surface area contributed by atoms with Gasteiger partial charge in [-0.2, -0.15) is 0 Å². The molecule has 0 bridgehead atoms. The first-order valence-electron chi connectivity index (χ1n) is 6.98. The standard InChI is InChI=1S/C14H27NO2/c1-13(2,16-3)11-15-12-6-9-17-14(10-12)7-4-5-8-14/h12,15H,4-11H2,1-3H3. The van der Waals surface area contributed by atoms with Crippen molar-refractivity contribution < 1.29 is 9.47 Å². The van der Waals surface area contributed by atoms with E-state index in [1.54, 1.807) is 7.11 Å². The van der Waals surface area contributed by atoms with Gasteiger partial charge in [-0.05, 0) is 39.5 Å². The van der Waals surface area contributed by atoms with E-state index in [1.165, 1.54) is 32.1 Å². The van der Waals surface area contributed by atoms with E-state index in [1.807, 2.05) is 0 Å². The average Bonchev–Trinajstić information content (AvgIpc) is 2.75. The summed E-state index contributed by atoms with van der Waals surface area (Å²) in [6, 6.07) is 0.608. The van der Waals surface area contributed by atoms with E-state index in [0.717, 1.165) is 19.6 Å². The van der Waals surface area contributed by atoms with Crippen LogP contribution in [-0.4, -0.2) is 37.5 Å².